The van der Waals surface area contributed by atoms with Crippen LogP contribution in [0.5, 0.6) is 5.75 Å². The maximum Gasteiger partial charge on any atom is 0.123 e. The lowest BCUT2D eigenvalue weighted by molar-refractivity contribution is 0.376. The molecule has 0 unspecified atom stereocenters. The van der Waals surface area contributed by atoms with E-state index in [9.17, 15) is 0 Å². The number of benzene rings is 1. The predicted molar refractivity (Wildman–Crippen MR) is 65.7 cm³/mol. The molecule has 0 bridgehead atoms. The van der Waals surface area contributed by atoms with Crippen LogP contribution in [0.15, 0.2) is 24.3 Å². The van der Waals surface area contributed by atoms with Gasteiger partial charge in [0.25, 0.3) is 0 Å². The van der Waals surface area contributed by atoms with Gasteiger partial charge in [-0.3, -0.25) is 0 Å². The molecule has 3 nitrogen and oxygen atoms in total. The lowest BCUT2D eigenvalue weighted by Crippen LogP contribution is -2.39. The number of para-hydroxylation sites is 1. The van der Waals surface area contributed by atoms with Crippen LogP contribution in [0.2, 0.25) is 0 Å². The molecule has 0 spiro atoms. The zero-order chi connectivity index (χ0) is 11.2. The van der Waals surface area contributed by atoms with Crippen molar-refractivity contribution in [1.29, 1.82) is 0 Å². The van der Waals surface area contributed by atoms with E-state index in [1.807, 2.05) is 12.1 Å². The van der Waals surface area contributed by atoms with Crippen molar-refractivity contribution in [2.45, 2.75) is 25.4 Å². The third-order valence-corrected chi connectivity index (χ3v) is 3.11. The summed E-state index contributed by atoms with van der Waals surface area (Å²) in [6.07, 6.45) is 2.43. The van der Waals surface area contributed by atoms with E-state index >= 15 is 0 Å². The van der Waals surface area contributed by atoms with Gasteiger partial charge < -0.3 is 15.4 Å². The first-order chi connectivity index (χ1) is 7.90. The molecule has 16 heavy (non-hydrogen) atoms. The van der Waals surface area contributed by atoms with Gasteiger partial charge in [-0.15, -0.1) is 0 Å². The van der Waals surface area contributed by atoms with Crippen LogP contribution in [0, 0.1) is 0 Å². The quantitative estimate of drug-likeness (QED) is 0.807. The van der Waals surface area contributed by atoms with Crippen molar-refractivity contribution >= 4 is 0 Å². The summed E-state index contributed by atoms with van der Waals surface area (Å²) in [5.41, 5.74) is 1.24. The molecule has 0 atom stereocenters. The van der Waals surface area contributed by atoms with Crippen LogP contribution in [-0.4, -0.2) is 26.2 Å². The molecule has 0 radical (unpaired) electrons. The Bertz CT molecular complexity index is 321. The molecule has 2 N–H and O–H groups in total. The van der Waals surface area contributed by atoms with Crippen molar-refractivity contribution in [3.8, 4) is 5.75 Å². The second-order valence-electron chi connectivity index (χ2n) is 4.22. The van der Waals surface area contributed by atoms with Gasteiger partial charge in [0.05, 0.1) is 7.11 Å². The second-order valence-corrected chi connectivity index (χ2v) is 4.22. The molecule has 0 aromatic heterocycles. The van der Waals surface area contributed by atoms with E-state index in [1.54, 1.807) is 7.11 Å². The Morgan fingerprint density at radius 2 is 2.06 bits per heavy atom. The van der Waals surface area contributed by atoms with Crippen molar-refractivity contribution in [1.82, 2.24) is 10.6 Å². The smallest absolute Gasteiger partial charge is 0.123 e. The molecule has 0 saturated carbocycles. The molecule has 3 heteroatoms. The summed E-state index contributed by atoms with van der Waals surface area (Å²) in [7, 11) is 1.73. The predicted octanol–water partition coefficient (Wildman–Crippen LogP) is 1.54. The fraction of sp³-hybridized carbons (Fsp3) is 0.538. The van der Waals surface area contributed by atoms with Gasteiger partial charge in [-0.2, -0.15) is 0 Å². The Labute approximate surface area is 97.2 Å². The number of hydrogen-bond donors (Lipinski definition) is 2. The van der Waals surface area contributed by atoms with Gasteiger partial charge in [0.1, 0.15) is 5.75 Å². The molecular weight excluding hydrogens is 200 g/mol. The highest BCUT2D eigenvalue weighted by Gasteiger charge is 2.12. The fourth-order valence-electron chi connectivity index (χ4n) is 2.13. The van der Waals surface area contributed by atoms with Gasteiger partial charge in [0, 0.05) is 18.2 Å². The molecule has 0 amide bonds. The molecule has 1 aliphatic rings. The fourth-order valence-corrected chi connectivity index (χ4v) is 2.13. The second kappa shape index (κ2) is 5.87. The SMILES string of the molecule is COc1ccccc1CNC1CCNCC1. The number of methoxy groups -OCH3 is 1. The summed E-state index contributed by atoms with van der Waals surface area (Å²) in [6, 6.07) is 8.84. The normalized spacial score (nSPS) is 17.3. The molecule has 1 aliphatic heterocycles. The molecule has 2 rings (SSSR count). The Hall–Kier alpha value is -1.06. The maximum atomic E-state index is 5.33. The van der Waals surface area contributed by atoms with Crippen LogP contribution < -0.4 is 15.4 Å². The molecule has 88 valence electrons. The Morgan fingerprint density at radius 3 is 2.81 bits per heavy atom. The summed E-state index contributed by atoms with van der Waals surface area (Å²) in [5, 5.41) is 6.96. The summed E-state index contributed by atoms with van der Waals surface area (Å²) in [6.45, 7) is 3.15. The minimum absolute atomic E-state index is 0.645. The monoisotopic (exact) mass is 220 g/mol. The Kier molecular flexibility index (Phi) is 4.19. The first kappa shape index (κ1) is 11.4. The van der Waals surface area contributed by atoms with E-state index < -0.39 is 0 Å². The standard InChI is InChI=1S/C13H20N2O/c1-16-13-5-3-2-4-11(13)10-15-12-6-8-14-9-7-12/h2-5,12,14-15H,6-10H2,1H3. The number of piperidine rings is 1. The Balaban J connectivity index is 1.88. The molecule has 0 aliphatic carbocycles. The molecule has 1 heterocycles. The highest BCUT2D eigenvalue weighted by atomic mass is 16.5. The van der Waals surface area contributed by atoms with E-state index in [-0.39, 0.29) is 0 Å². The number of nitrogens with one attached hydrogen (secondary N) is 2. The largest absolute Gasteiger partial charge is 0.496 e. The summed E-state index contributed by atoms with van der Waals surface area (Å²) < 4.78 is 5.33. The molecule has 1 fully saturated rings. The zero-order valence-electron chi connectivity index (χ0n) is 9.83. The maximum absolute atomic E-state index is 5.33. The lowest BCUT2D eigenvalue weighted by atomic mass is 10.1. The van der Waals surface area contributed by atoms with Crippen LogP contribution in [0.25, 0.3) is 0 Å². The van der Waals surface area contributed by atoms with Gasteiger partial charge in [-0.05, 0) is 32.0 Å². The topological polar surface area (TPSA) is 33.3 Å². The van der Waals surface area contributed by atoms with Crippen LogP contribution >= 0.6 is 0 Å². The van der Waals surface area contributed by atoms with Crippen molar-refractivity contribution in [3.05, 3.63) is 29.8 Å². The summed E-state index contributed by atoms with van der Waals surface area (Å²) >= 11 is 0. The van der Waals surface area contributed by atoms with Crippen molar-refractivity contribution in [2.24, 2.45) is 0 Å². The minimum atomic E-state index is 0.645. The van der Waals surface area contributed by atoms with Gasteiger partial charge in [0.2, 0.25) is 0 Å². The first-order valence-electron chi connectivity index (χ1n) is 5.96. The average molecular weight is 220 g/mol. The van der Waals surface area contributed by atoms with Gasteiger partial charge in [0.15, 0.2) is 0 Å². The zero-order valence-corrected chi connectivity index (χ0v) is 9.83. The van der Waals surface area contributed by atoms with Crippen molar-refractivity contribution < 1.29 is 4.74 Å². The lowest BCUT2D eigenvalue weighted by Gasteiger charge is -2.24. The molecule has 1 saturated heterocycles. The third-order valence-electron chi connectivity index (χ3n) is 3.11. The van der Waals surface area contributed by atoms with Crippen LogP contribution in [0.3, 0.4) is 0 Å². The van der Waals surface area contributed by atoms with Crippen LogP contribution in [0.1, 0.15) is 18.4 Å². The summed E-state index contributed by atoms with van der Waals surface area (Å²) in [4.78, 5) is 0. The number of rotatable bonds is 4. The molecular formula is C13H20N2O. The van der Waals surface area contributed by atoms with Crippen molar-refractivity contribution in [3.63, 3.8) is 0 Å². The number of ether oxygens (including phenoxy) is 1. The van der Waals surface area contributed by atoms with Crippen LogP contribution in [-0.2, 0) is 6.54 Å². The van der Waals surface area contributed by atoms with Gasteiger partial charge in [-0.25, -0.2) is 0 Å². The first-order valence-corrected chi connectivity index (χ1v) is 5.96. The molecule has 1 aromatic rings. The minimum Gasteiger partial charge on any atom is -0.496 e. The highest BCUT2D eigenvalue weighted by Crippen LogP contribution is 2.17. The van der Waals surface area contributed by atoms with Crippen LogP contribution in [0.4, 0.5) is 0 Å². The van der Waals surface area contributed by atoms with Gasteiger partial charge >= 0.3 is 0 Å². The third kappa shape index (κ3) is 2.97. The van der Waals surface area contributed by atoms with E-state index in [4.69, 9.17) is 4.74 Å². The highest BCUT2D eigenvalue weighted by molar-refractivity contribution is 5.33. The van der Waals surface area contributed by atoms with E-state index in [0.29, 0.717) is 6.04 Å². The van der Waals surface area contributed by atoms with E-state index in [0.717, 1.165) is 25.4 Å². The van der Waals surface area contributed by atoms with E-state index in [1.165, 1.54) is 18.4 Å². The van der Waals surface area contributed by atoms with E-state index in [2.05, 4.69) is 22.8 Å². The Morgan fingerprint density at radius 1 is 1.31 bits per heavy atom. The summed E-state index contributed by atoms with van der Waals surface area (Å²) in [5.74, 6) is 0.976. The average Bonchev–Trinajstić information content (AvgIpc) is 2.38. The van der Waals surface area contributed by atoms with Crippen molar-refractivity contribution in [2.75, 3.05) is 20.2 Å². The number of hydrogen-bond acceptors (Lipinski definition) is 3. The van der Waals surface area contributed by atoms with Gasteiger partial charge in [-0.1, -0.05) is 18.2 Å². The molecule has 1 aromatic carbocycles.